The SMILES string of the molecule is CCCCCCc1ccc(C#Cc2ccc(C#Cc3ccc(CCCCCC)cc3)c3c2nc(-c2ccc(-c4ccccc4)s2)n3C)cc1. The summed E-state index contributed by atoms with van der Waals surface area (Å²) in [6.07, 6.45) is 12.5. The molecule has 49 heavy (non-hydrogen) atoms. The largest absolute Gasteiger partial charge is 0.325 e. The maximum Gasteiger partial charge on any atom is 0.151 e. The normalized spacial score (nSPS) is 10.8. The summed E-state index contributed by atoms with van der Waals surface area (Å²) in [7, 11) is 2.10. The lowest BCUT2D eigenvalue weighted by Gasteiger charge is -2.03. The molecule has 3 heteroatoms. The van der Waals surface area contributed by atoms with Crippen molar-refractivity contribution < 1.29 is 0 Å². The van der Waals surface area contributed by atoms with Gasteiger partial charge in [-0.05, 0) is 90.9 Å². The molecule has 0 unspecified atom stereocenters. The van der Waals surface area contributed by atoms with E-state index < -0.39 is 0 Å². The van der Waals surface area contributed by atoms with Crippen LogP contribution in [0, 0.1) is 23.7 Å². The van der Waals surface area contributed by atoms with E-state index in [1.807, 2.05) is 0 Å². The molecule has 0 bridgehead atoms. The van der Waals surface area contributed by atoms with Crippen molar-refractivity contribution in [3.63, 3.8) is 0 Å². The average molecular weight is 659 g/mol. The molecule has 0 N–H and O–H groups in total. The molecule has 4 aromatic carbocycles. The average Bonchev–Trinajstić information content (AvgIpc) is 3.77. The minimum absolute atomic E-state index is 0.890. The molecule has 2 nitrogen and oxygen atoms in total. The van der Waals surface area contributed by atoms with Crippen molar-refractivity contribution in [1.82, 2.24) is 9.55 Å². The van der Waals surface area contributed by atoms with E-state index in [2.05, 4.69) is 152 Å². The molecule has 0 spiro atoms. The lowest BCUT2D eigenvalue weighted by Crippen LogP contribution is -1.93. The number of hydrogen-bond acceptors (Lipinski definition) is 2. The van der Waals surface area contributed by atoms with Gasteiger partial charge in [-0.15, -0.1) is 11.3 Å². The Bertz CT molecular complexity index is 2090. The van der Waals surface area contributed by atoms with Gasteiger partial charge in [-0.1, -0.05) is 131 Å². The molecule has 0 aliphatic carbocycles. The van der Waals surface area contributed by atoms with Crippen LogP contribution >= 0.6 is 11.3 Å². The van der Waals surface area contributed by atoms with Gasteiger partial charge >= 0.3 is 0 Å². The number of unbranched alkanes of at least 4 members (excludes halogenated alkanes) is 6. The van der Waals surface area contributed by atoms with Crippen molar-refractivity contribution in [1.29, 1.82) is 0 Å². The molecular formula is C46H46N2S. The predicted octanol–water partition coefficient (Wildman–Crippen LogP) is 12.0. The molecule has 6 aromatic rings. The lowest BCUT2D eigenvalue weighted by molar-refractivity contribution is 0.667. The Morgan fingerprint density at radius 1 is 0.551 bits per heavy atom. The Hall–Kier alpha value is -4.83. The molecule has 0 saturated carbocycles. The highest BCUT2D eigenvalue weighted by Crippen LogP contribution is 2.36. The third-order valence-corrected chi connectivity index (χ3v) is 10.3. The van der Waals surface area contributed by atoms with E-state index in [0.717, 1.165) is 56.8 Å². The third-order valence-electron chi connectivity index (χ3n) is 9.14. The molecule has 0 saturated heterocycles. The van der Waals surface area contributed by atoms with Crippen LogP contribution in [0.3, 0.4) is 0 Å². The lowest BCUT2D eigenvalue weighted by atomic mass is 10.0. The van der Waals surface area contributed by atoms with Crippen LogP contribution in [0.4, 0.5) is 0 Å². The maximum absolute atomic E-state index is 5.24. The first-order chi connectivity index (χ1) is 24.1. The molecule has 0 aliphatic rings. The Morgan fingerprint density at radius 3 is 1.69 bits per heavy atom. The molecule has 246 valence electrons. The van der Waals surface area contributed by atoms with Crippen LogP contribution in [0.1, 0.15) is 98.6 Å². The number of imidazole rings is 1. The summed E-state index contributed by atoms with van der Waals surface area (Å²) in [5, 5.41) is 0. The predicted molar refractivity (Wildman–Crippen MR) is 210 cm³/mol. The molecule has 2 aromatic heterocycles. The first-order valence-corrected chi connectivity index (χ1v) is 18.8. The summed E-state index contributed by atoms with van der Waals surface area (Å²) >= 11 is 1.76. The van der Waals surface area contributed by atoms with Crippen LogP contribution in [0.5, 0.6) is 0 Å². The van der Waals surface area contributed by atoms with Gasteiger partial charge in [0.15, 0.2) is 5.82 Å². The van der Waals surface area contributed by atoms with Crippen LogP contribution in [-0.2, 0) is 19.9 Å². The van der Waals surface area contributed by atoms with Gasteiger partial charge in [-0.2, -0.15) is 0 Å². The van der Waals surface area contributed by atoms with Gasteiger partial charge in [0.25, 0.3) is 0 Å². The number of thiophene rings is 1. The monoisotopic (exact) mass is 658 g/mol. The number of fused-ring (bicyclic) bond motifs is 1. The highest BCUT2D eigenvalue weighted by molar-refractivity contribution is 7.18. The second kappa shape index (κ2) is 17.0. The zero-order valence-electron chi connectivity index (χ0n) is 29.2. The van der Waals surface area contributed by atoms with Crippen molar-refractivity contribution in [3.8, 4) is 44.8 Å². The first kappa shape index (κ1) is 34.0. The van der Waals surface area contributed by atoms with Crippen molar-refractivity contribution in [3.05, 3.63) is 137 Å². The Morgan fingerprint density at radius 2 is 1.10 bits per heavy atom. The van der Waals surface area contributed by atoms with Crippen LogP contribution in [0.15, 0.2) is 103 Å². The molecule has 0 amide bonds. The molecule has 0 radical (unpaired) electrons. The van der Waals surface area contributed by atoms with Crippen molar-refractivity contribution >= 4 is 22.4 Å². The molecule has 0 fully saturated rings. The van der Waals surface area contributed by atoms with Crippen LogP contribution in [-0.4, -0.2) is 9.55 Å². The first-order valence-electron chi connectivity index (χ1n) is 18.0. The zero-order valence-corrected chi connectivity index (χ0v) is 30.0. The van der Waals surface area contributed by atoms with E-state index in [4.69, 9.17) is 4.98 Å². The molecule has 2 heterocycles. The van der Waals surface area contributed by atoms with E-state index in [1.54, 1.807) is 11.3 Å². The van der Waals surface area contributed by atoms with Crippen molar-refractivity contribution in [2.75, 3.05) is 0 Å². The summed E-state index contributed by atoms with van der Waals surface area (Å²) < 4.78 is 2.19. The minimum atomic E-state index is 0.890. The van der Waals surface area contributed by atoms with Crippen LogP contribution in [0.25, 0.3) is 32.2 Å². The van der Waals surface area contributed by atoms with Gasteiger partial charge in [-0.3, -0.25) is 0 Å². The number of aromatic nitrogens is 2. The number of rotatable bonds is 12. The number of benzene rings is 4. The number of hydrogen-bond donors (Lipinski definition) is 0. The summed E-state index contributed by atoms with van der Waals surface area (Å²) in [5.41, 5.74) is 9.80. The highest BCUT2D eigenvalue weighted by Gasteiger charge is 2.17. The second-order valence-corrected chi connectivity index (χ2v) is 14.0. The van der Waals surface area contributed by atoms with E-state index in [1.165, 1.54) is 72.9 Å². The Kier molecular flexibility index (Phi) is 11.8. The van der Waals surface area contributed by atoms with Gasteiger partial charge < -0.3 is 4.57 Å². The fourth-order valence-corrected chi connectivity index (χ4v) is 7.29. The number of aryl methyl sites for hydroxylation is 3. The molecule has 0 atom stereocenters. The summed E-state index contributed by atoms with van der Waals surface area (Å²) in [6, 6.07) is 36.6. The Balaban J connectivity index is 1.32. The summed E-state index contributed by atoms with van der Waals surface area (Å²) in [6.45, 7) is 4.52. The molecule has 0 aliphatic heterocycles. The summed E-state index contributed by atoms with van der Waals surface area (Å²) in [5.74, 6) is 14.8. The smallest absolute Gasteiger partial charge is 0.151 e. The van der Waals surface area contributed by atoms with Gasteiger partial charge in [0, 0.05) is 23.1 Å². The van der Waals surface area contributed by atoms with E-state index in [0.29, 0.717) is 0 Å². The third kappa shape index (κ3) is 8.80. The van der Waals surface area contributed by atoms with E-state index in [9.17, 15) is 0 Å². The van der Waals surface area contributed by atoms with Crippen LogP contribution in [0.2, 0.25) is 0 Å². The van der Waals surface area contributed by atoms with Gasteiger partial charge in [0.1, 0.15) is 5.52 Å². The minimum Gasteiger partial charge on any atom is -0.325 e. The summed E-state index contributed by atoms with van der Waals surface area (Å²) in [4.78, 5) is 7.59. The van der Waals surface area contributed by atoms with Crippen molar-refractivity contribution in [2.45, 2.75) is 78.1 Å². The topological polar surface area (TPSA) is 17.8 Å². The van der Waals surface area contributed by atoms with Gasteiger partial charge in [0.05, 0.1) is 21.5 Å². The van der Waals surface area contributed by atoms with Crippen molar-refractivity contribution in [2.24, 2.45) is 7.05 Å². The van der Waals surface area contributed by atoms with Gasteiger partial charge in [-0.25, -0.2) is 4.98 Å². The maximum atomic E-state index is 5.24. The Labute approximate surface area is 297 Å². The highest BCUT2D eigenvalue weighted by atomic mass is 32.1. The fraction of sp³-hybridized carbons (Fsp3) is 0.283. The van der Waals surface area contributed by atoms with E-state index >= 15 is 0 Å². The van der Waals surface area contributed by atoms with Crippen LogP contribution < -0.4 is 0 Å². The quantitative estimate of drug-likeness (QED) is 0.0945. The van der Waals surface area contributed by atoms with E-state index in [-0.39, 0.29) is 0 Å². The zero-order chi connectivity index (χ0) is 33.8. The van der Waals surface area contributed by atoms with Gasteiger partial charge in [0.2, 0.25) is 0 Å². The standard InChI is InChI=1S/C46H46N2S/c1-4-6-8-11-15-35-19-23-37(24-20-35)27-29-40-31-32-41(30-28-38-25-21-36(22-26-38)16-12-9-7-5-2)45-44(40)47-46(48(45)3)43-34-33-42(49-43)39-17-13-10-14-18-39/h10,13-14,17-26,31-34H,4-9,11-12,15-16H2,1-3H3. The number of nitrogens with zero attached hydrogens (tertiary/aromatic N) is 2. The molecular weight excluding hydrogens is 613 g/mol. The fourth-order valence-electron chi connectivity index (χ4n) is 6.26. The second-order valence-electron chi connectivity index (χ2n) is 12.9. The molecule has 6 rings (SSSR count).